The van der Waals surface area contributed by atoms with Crippen molar-refractivity contribution in [3.63, 3.8) is 0 Å². The Morgan fingerprint density at radius 3 is 1.95 bits per heavy atom. The Hall–Kier alpha value is -0.340. The van der Waals surface area contributed by atoms with Crippen LogP contribution in [0.5, 0.6) is 0 Å². The quantitative estimate of drug-likeness (QED) is 0.416. The zero-order valence-corrected chi connectivity index (χ0v) is 14.5. The van der Waals surface area contributed by atoms with Crippen LogP contribution < -0.4 is 0 Å². The number of quaternary nitrogens is 2. The lowest BCUT2D eigenvalue weighted by Gasteiger charge is -2.34. The molecule has 2 aliphatic heterocycles. The minimum atomic E-state index is 1.20. The highest BCUT2D eigenvalue weighted by Crippen LogP contribution is 2.24. The van der Waals surface area contributed by atoms with Crippen molar-refractivity contribution >= 4 is 0 Å². The molecule has 0 N–H and O–H groups in total. The predicted octanol–water partition coefficient (Wildman–Crippen LogP) is 4.32. The van der Waals surface area contributed by atoms with Crippen LogP contribution in [0.3, 0.4) is 0 Å². The first-order chi connectivity index (χ1) is 10.2. The van der Waals surface area contributed by atoms with E-state index in [1.807, 2.05) is 0 Å². The van der Waals surface area contributed by atoms with E-state index in [1.165, 1.54) is 113 Å². The standard InChI is InChI=1S/C19H38N2/c1-3-5-13-21(18-11-12-19-21)17-8-6-7-14-20(4-2)15-9-10-16-20/h4H,2-3,5-19H2,1H3/q+2. The summed E-state index contributed by atoms with van der Waals surface area (Å²) in [6.07, 6.45) is 15.0. The fourth-order valence-electron chi connectivity index (χ4n) is 4.57. The SMILES string of the molecule is C=C[N+]1(CCCCC[N+]2(CCCC)CCCC2)CCCC1. The molecule has 0 aliphatic carbocycles. The lowest BCUT2D eigenvalue weighted by Crippen LogP contribution is -2.46. The Kier molecular flexibility index (Phi) is 6.75. The van der Waals surface area contributed by atoms with Gasteiger partial charge in [0.05, 0.1) is 52.0 Å². The first-order valence-electron chi connectivity index (χ1n) is 9.59. The third kappa shape index (κ3) is 4.82. The summed E-state index contributed by atoms with van der Waals surface area (Å²) in [5.41, 5.74) is 0. The molecule has 0 spiro atoms. The third-order valence-electron chi connectivity index (χ3n) is 6.08. The first kappa shape index (κ1) is 17.0. The molecule has 0 amide bonds. The molecule has 2 heterocycles. The fourth-order valence-corrected chi connectivity index (χ4v) is 4.57. The van der Waals surface area contributed by atoms with E-state index in [1.54, 1.807) is 0 Å². The molecule has 122 valence electrons. The van der Waals surface area contributed by atoms with Gasteiger partial charge >= 0.3 is 0 Å². The summed E-state index contributed by atoms with van der Waals surface area (Å²) in [5, 5.41) is 0. The number of likely N-dealkylation sites (tertiary alicyclic amines) is 2. The summed E-state index contributed by atoms with van der Waals surface area (Å²) in [5.74, 6) is 0. The van der Waals surface area contributed by atoms with Crippen molar-refractivity contribution in [3.8, 4) is 0 Å². The van der Waals surface area contributed by atoms with Gasteiger partial charge < -0.3 is 4.48 Å². The Labute approximate surface area is 133 Å². The molecule has 0 atom stereocenters. The Balaban J connectivity index is 1.65. The zero-order valence-electron chi connectivity index (χ0n) is 14.5. The molecule has 2 nitrogen and oxygen atoms in total. The number of hydrogen-bond acceptors (Lipinski definition) is 0. The highest BCUT2D eigenvalue weighted by atomic mass is 15.4. The molecule has 21 heavy (non-hydrogen) atoms. The second-order valence-corrected chi connectivity index (χ2v) is 7.64. The molecule has 2 rings (SSSR count). The van der Waals surface area contributed by atoms with Crippen LogP contribution in [0.1, 0.15) is 64.7 Å². The number of unbranched alkanes of at least 4 members (excludes halogenated alkanes) is 3. The molecule has 0 aromatic rings. The zero-order chi connectivity index (χ0) is 15.0. The van der Waals surface area contributed by atoms with Crippen LogP contribution in [0.25, 0.3) is 0 Å². The second-order valence-electron chi connectivity index (χ2n) is 7.64. The molecule has 0 aromatic carbocycles. The summed E-state index contributed by atoms with van der Waals surface area (Å²) in [7, 11) is 0. The Bertz CT molecular complexity index is 299. The van der Waals surface area contributed by atoms with Gasteiger partial charge in [-0.15, -0.1) is 0 Å². The van der Waals surface area contributed by atoms with Gasteiger partial charge in [-0.05, 0) is 32.3 Å². The van der Waals surface area contributed by atoms with Crippen LogP contribution in [-0.2, 0) is 0 Å². The molecule has 2 fully saturated rings. The maximum atomic E-state index is 4.09. The molecule has 0 saturated carbocycles. The summed E-state index contributed by atoms with van der Waals surface area (Å²) in [6, 6.07) is 0. The lowest BCUT2D eigenvalue weighted by molar-refractivity contribution is -0.917. The first-order valence-corrected chi connectivity index (χ1v) is 9.59. The van der Waals surface area contributed by atoms with Gasteiger partial charge in [-0.1, -0.05) is 13.3 Å². The molecule has 0 aromatic heterocycles. The van der Waals surface area contributed by atoms with Gasteiger partial charge in [0.2, 0.25) is 0 Å². The van der Waals surface area contributed by atoms with Gasteiger partial charge in [0.1, 0.15) is 0 Å². The van der Waals surface area contributed by atoms with Crippen LogP contribution in [0, 0.1) is 0 Å². The van der Waals surface area contributed by atoms with E-state index in [0.29, 0.717) is 0 Å². The van der Waals surface area contributed by atoms with E-state index in [9.17, 15) is 0 Å². The molecule has 2 heteroatoms. The fraction of sp³-hybridized carbons (Fsp3) is 0.895. The van der Waals surface area contributed by atoms with Crippen molar-refractivity contribution < 1.29 is 8.97 Å². The van der Waals surface area contributed by atoms with Crippen molar-refractivity contribution in [3.05, 3.63) is 12.8 Å². The van der Waals surface area contributed by atoms with Gasteiger partial charge in [-0.2, -0.15) is 0 Å². The van der Waals surface area contributed by atoms with Crippen molar-refractivity contribution in [2.45, 2.75) is 64.7 Å². The average molecular weight is 295 g/mol. The van der Waals surface area contributed by atoms with Crippen molar-refractivity contribution in [2.75, 3.05) is 45.8 Å². The maximum Gasteiger partial charge on any atom is 0.0885 e. The Morgan fingerprint density at radius 2 is 1.33 bits per heavy atom. The van der Waals surface area contributed by atoms with Crippen molar-refractivity contribution in [2.24, 2.45) is 0 Å². The van der Waals surface area contributed by atoms with Crippen LogP contribution in [-0.4, -0.2) is 54.8 Å². The highest BCUT2D eigenvalue weighted by Gasteiger charge is 2.31. The second kappa shape index (κ2) is 8.33. The Morgan fingerprint density at radius 1 is 0.762 bits per heavy atom. The molecule has 2 saturated heterocycles. The minimum absolute atomic E-state index is 1.20. The van der Waals surface area contributed by atoms with Crippen molar-refractivity contribution in [1.82, 2.24) is 0 Å². The number of rotatable bonds is 10. The smallest absolute Gasteiger partial charge is 0.0885 e. The normalized spacial score (nSPS) is 23.5. The predicted molar refractivity (Wildman–Crippen MR) is 92.0 cm³/mol. The molecular formula is C19H38N2+2. The molecule has 0 radical (unpaired) electrons. The van der Waals surface area contributed by atoms with E-state index < -0.39 is 0 Å². The van der Waals surface area contributed by atoms with E-state index in [0.717, 1.165) is 0 Å². The monoisotopic (exact) mass is 294 g/mol. The van der Waals surface area contributed by atoms with Crippen LogP contribution in [0.15, 0.2) is 12.8 Å². The molecular weight excluding hydrogens is 256 g/mol. The van der Waals surface area contributed by atoms with E-state index >= 15 is 0 Å². The molecule has 0 bridgehead atoms. The van der Waals surface area contributed by atoms with Gasteiger partial charge in [-0.3, -0.25) is 4.48 Å². The topological polar surface area (TPSA) is 0 Å². The van der Waals surface area contributed by atoms with E-state index in [4.69, 9.17) is 0 Å². The summed E-state index contributed by atoms with van der Waals surface area (Å²) in [6.45, 7) is 16.3. The summed E-state index contributed by atoms with van der Waals surface area (Å²) in [4.78, 5) is 0. The number of hydrogen-bond donors (Lipinski definition) is 0. The van der Waals surface area contributed by atoms with Crippen LogP contribution in [0.2, 0.25) is 0 Å². The highest BCUT2D eigenvalue weighted by molar-refractivity contribution is 4.64. The largest absolute Gasteiger partial charge is 0.324 e. The van der Waals surface area contributed by atoms with Gasteiger partial charge in [0.15, 0.2) is 0 Å². The molecule has 2 aliphatic rings. The summed E-state index contributed by atoms with van der Waals surface area (Å²) < 4.78 is 2.66. The van der Waals surface area contributed by atoms with Crippen molar-refractivity contribution in [1.29, 1.82) is 0 Å². The van der Waals surface area contributed by atoms with Gasteiger partial charge in [0, 0.05) is 25.7 Å². The molecule has 0 unspecified atom stereocenters. The van der Waals surface area contributed by atoms with E-state index in [2.05, 4.69) is 19.7 Å². The van der Waals surface area contributed by atoms with Gasteiger partial charge in [0.25, 0.3) is 0 Å². The minimum Gasteiger partial charge on any atom is -0.324 e. The van der Waals surface area contributed by atoms with Crippen LogP contribution >= 0.6 is 0 Å². The van der Waals surface area contributed by atoms with E-state index in [-0.39, 0.29) is 0 Å². The van der Waals surface area contributed by atoms with Gasteiger partial charge in [-0.25, -0.2) is 0 Å². The average Bonchev–Trinajstić information content (AvgIpc) is 3.15. The third-order valence-corrected chi connectivity index (χ3v) is 6.08. The maximum absolute atomic E-state index is 4.09. The lowest BCUT2D eigenvalue weighted by atomic mass is 10.1. The van der Waals surface area contributed by atoms with Crippen LogP contribution in [0.4, 0.5) is 0 Å². The number of nitrogens with zero attached hydrogens (tertiary/aromatic N) is 2. The summed E-state index contributed by atoms with van der Waals surface area (Å²) >= 11 is 0.